The van der Waals surface area contributed by atoms with E-state index in [1.807, 2.05) is 30.5 Å². The molecule has 1 aliphatic heterocycles. The van der Waals surface area contributed by atoms with Gasteiger partial charge in [0, 0.05) is 36.8 Å². The lowest BCUT2D eigenvalue weighted by atomic mass is 9.97. The molecule has 2 N–H and O–H groups in total. The van der Waals surface area contributed by atoms with E-state index in [0.29, 0.717) is 17.2 Å². The number of hydrogen-bond acceptors (Lipinski definition) is 7. The lowest BCUT2D eigenvalue weighted by molar-refractivity contribution is 0.196. The average Bonchev–Trinajstić information content (AvgIpc) is 3.21. The van der Waals surface area contributed by atoms with E-state index < -0.39 is 0 Å². The predicted octanol–water partition coefficient (Wildman–Crippen LogP) is 2.64. The maximum atomic E-state index is 6.19. The number of methoxy groups -OCH3 is 1. The number of benzene rings is 1. The minimum absolute atomic E-state index is 0.264. The van der Waals surface area contributed by atoms with Crippen LogP contribution in [0.1, 0.15) is 30.1 Å². The average molecular weight is 389 g/mol. The molecule has 29 heavy (non-hydrogen) atoms. The van der Waals surface area contributed by atoms with Gasteiger partial charge in [0.25, 0.3) is 0 Å². The van der Waals surface area contributed by atoms with Crippen LogP contribution in [0.2, 0.25) is 0 Å². The Kier molecular flexibility index (Phi) is 4.48. The summed E-state index contributed by atoms with van der Waals surface area (Å²) in [5, 5.41) is 5.61. The Balaban J connectivity index is 1.48. The summed E-state index contributed by atoms with van der Waals surface area (Å²) in [6.07, 6.45) is 5.91. The number of anilines is 1. The molecule has 148 valence electrons. The van der Waals surface area contributed by atoms with Crippen LogP contribution in [0.5, 0.6) is 5.75 Å². The third-order valence-electron chi connectivity index (χ3n) is 5.53. The molecule has 0 spiro atoms. The molecule has 3 aromatic heterocycles. The van der Waals surface area contributed by atoms with Gasteiger partial charge in [0.1, 0.15) is 11.3 Å². The van der Waals surface area contributed by atoms with Crippen LogP contribution in [0.15, 0.2) is 42.7 Å². The number of nitrogen functional groups attached to an aromatic ring is 1. The molecule has 1 atom stereocenters. The number of para-hydroxylation sites is 1. The molecule has 5 rings (SSSR count). The fourth-order valence-electron chi connectivity index (χ4n) is 4.14. The van der Waals surface area contributed by atoms with Gasteiger partial charge in [0.15, 0.2) is 11.5 Å². The first-order chi connectivity index (χ1) is 14.2. The van der Waals surface area contributed by atoms with Gasteiger partial charge in [-0.25, -0.2) is 9.97 Å². The van der Waals surface area contributed by atoms with Crippen LogP contribution in [0.3, 0.4) is 0 Å². The molecular weight excluding hydrogens is 366 g/mol. The second-order valence-electron chi connectivity index (χ2n) is 7.47. The fourth-order valence-corrected chi connectivity index (χ4v) is 4.14. The van der Waals surface area contributed by atoms with Crippen molar-refractivity contribution in [3.8, 4) is 5.75 Å². The van der Waals surface area contributed by atoms with E-state index >= 15 is 0 Å². The minimum Gasteiger partial charge on any atom is -0.494 e. The van der Waals surface area contributed by atoms with E-state index in [0.717, 1.165) is 49.3 Å². The van der Waals surface area contributed by atoms with Crippen LogP contribution in [-0.2, 0) is 6.54 Å². The summed E-state index contributed by atoms with van der Waals surface area (Å²) in [4.78, 5) is 16.0. The molecule has 1 fully saturated rings. The number of ether oxygens (including phenoxy) is 1. The third-order valence-corrected chi connectivity index (χ3v) is 5.53. The van der Waals surface area contributed by atoms with Gasteiger partial charge in [-0.05, 0) is 43.1 Å². The van der Waals surface area contributed by atoms with Crippen molar-refractivity contribution in [2.45, 2.75) is 25.3 Å². The van der Waals surface area contributed by atoms with Crippen molar-refractivity contribution < 1.29 is 4.74 Å². The number of piperidine rings is 1. The molecule has 1 aromatic carbocycles. The third kappa shape index (κ3) is 3.25. The zero-order valence-corrected chi connectivity index (χ0v) is 16.3. The SMILES string of the molecule is COc1cccc2c1nc(N)n1nc([C@@H]3CCCN(Cc4cccnc4)C3)nc21. The van der Waals surface area contributed by atoms with E-state index in [1.54, 1.807) is 17.8 Å². The Morgan fingerprint density at radius 3 is 2.97 bits per heavy atom. The maximum Gasteiger partial charge on any atom is 0.223 e. The highest BCUT2D eigenvalue weighted by Gasteiger charge is 2.26. The first-order valence-corrected chi connectivity index (χ1v) is 9.83. The van der Waals surface area contributed by atoms with Gasteiger partial charge in [-0.15, -0.1) is 5.10 Å². The van der Waals surface area contributed by atoms with Gasteiger partial charge < -0.3 is 10.5 Å². The molecule has 0 aliphatic carbocycles. The van der Waals surface area contributed by atoms with E-state index in [4.69, 9.17) is 20.6 Å². The van der Waals surface area contributed by atoms with Gasteiger partial charge in [-0.2, -0.15) is 4.52 Å². The molecule has 8 heteroatoms. The Morgan fingerprint density at radius 1 is 1.21 bits per heavy atom. The number of fused-ring (bicyclic) bond motifs is 3. The molecule has 4 aromatic rings. The van der Waals surface area contributed by atoms with Crippen molar-refractivity contribution >= 4 is 22.5 Å². The highest BCUT2D eigenvalue weighted by Crippen LogP contribution is 2.30. The Morgan fingerprint density at radius 2 is 2.14 bits per heavy atom. The largest absolute Gasteiger partial charge is 0.494 e. The summed E-state index contributed by atoms with van der Waals surface area (Å²) < 4.78 is 7.09. The second kappa shape index (κ2) is 7.29. The molecule has 4 heterocycles. The van der Waals surface area contributed by atoms with Crippen LogP contribution in [0, 0.1) is 0 Å². The van der Waals surface area contributed by atoms with Gasteiger partial charge in [0.2, 0.25) is 5.95 Å². The van der Waals surface area contributed by atoms with Crippen LogP contribution in [0.4, 0.5) is 5.95 Å². The van der Waals surface area contributed by atoms with Gasteiger partial charge >= 0.3 is 0 Å². The summed E-state index contributed by atoms with van der Waals surface area (Å²) >= 11 is 0. The van der Waals surface area contributed by atoms with Gasteiger partial charge in [0.05, 0.1) is 7.11 Å². The molecule has 1 aliphatic rings. The van der Waals surface area contributed by atoms with Crippen LogP contribution < -0.4 is 10.5 Å². The summed E-state index contributed by atoms with van der Waals surface area (Å²) in [7, 11) is 1.63. The van der Waals surface area contributed by atoms with E-state index in [9.17, 15) is 0 Å². The zero-order valence-electron chi connectivity index (χ0n) is 16.3. The quantitative estimate of drug-likeness (QED) is 0.573. The topological polar surface area (TPSA) is 94.5 Å². The van der Waals surface area contributed by atoms with Crippen molar-refractivity contribution in [2.24, 2.45) is 0 Å². The summed E-state index contributed by atoms with van der Waals surface area (Å²) in [5.41, 5.74) is 8.86. The standard InChI is InChI=1S/C21H23N7O/c1-29-17-8-2-7-16-18(17)24-21(22)28-20(16)25-19(26-28)15-6-4-10-27(13-15)12-14-5-3-9-23-11-14/h2-3,5,7-9,11,15H,4,6,10,12-13H2,1H3,(H2,22,24)/t15-/m1/s1. The lowest BCUT2D eigenvalue weighted by Crippen LogP contribution is -2.34. The Hall–Kier alpha value is -3.26. The molecule has 8 nitrogen and oxygen atoms in total. The monoisotopic (exact) mass is 389 g/mol. The number of hydrogen-bond donors (Lipinski definition) is 1. The first kappa shape index (κ1) is 17.8. The predicted molar refractivity (Wildman–Crippen MR) is 111 cm³/mol. The molecular formula is C21H23N7O. The van der Waals surface area contributed by atoms with Crippen molar-refractivity contribution in [3.63, 3.8) is 0 Å². The summed E-state index contributed by atoms with van der Waals surface area (Å²) in [6.45, 7) is 2.88. The van der Waals surface area contributed by atoms with Crippen molar-refractivity contribution in [2.75, 3.05) is 25.9 Å². The van der Waals surface area contributed by atoms with Crippen LogP contribution >= 0.6 is 0 Å². The van der Waals surface area contributed by atoms with Crippen LogP contribution in [0.25, 0.3) is 16.6 Å². The molecule has 1 saturated heterocycles. The number of rotatable bonds is 4. The smallest absolute Gasteiger partial charge is 0.223 e. The van der Waals surface area contributed by atoms with Crippen molar-refractivity contribution in [3.05, 3.63) is 54.1 Å². The summed E-state index contributed by atoms with van der Waals surface area (Å²) in [6, 6.07) is 9.89. The molecule has 0 bridgehead atoms. The molecule has 0 saturated carbocycles. The number of aromatic nitrogens is 5. The number of nitrogens with two attached hydrogens (primary N) is 1. The van der Waals surface area contributed by atoms with E-state index in [-0.39, 0.29) is 5.92 Å². The Bertz CT molecular complexity index is 1160. The van der Waals surface area contributed by atoms with E-state index in [2.05, 4.69) is 20.9 Å². The summed E-state index contributed by atoms with van der Waals surface area (Å²) in [5.74, 6) is 2.09. The number of pyridine rings is 1. The molecule has 0 amide bonds. The van der Waals surface area contributed by atoms with Crippen molar-refractivity contribution in [1.29, 1.82) is 0 Å². The normalized spacial score (nSPS) is 17.8. The fraction of sp³-hybridized carbons (Fsp3) is 0.333. The van der Waals surface area contributed by atoms with E-state index in [1.165, 1.54) is 5.56 Å². The van der Waals surface area contributed by atoms with Crippen LogP contribution in [-0.4, -0.2) is 49.7 Å². The number of nitrogens with zero attached hydrogens (tertiary/aromatic N) is 6. The zero-order chi connectivity index (χ0) is 19.8. The number of likely N-dealkylation sites (tertiary alicyclic amines) is 1. The lowest BCUT2D eigenvalue weighted by Gasteiger charge is -2.31. The Labute approximate surface area is 168 Å². The van der Waals surface area contributed by atoms with Crippen molar-refractivity contribution in [1.82, 2.24) is 29.5 Å². The maximum absolute atomic E-state index is 6.19. The highest BCUT2D eigenvalue weighted by molar-refractivity contribution is 5.95. The highest BCUT2D eigenvalue weighted by atomic mass is 16.5. The minimum atomic E-state index is 0.264. The first-order valence-electron chi connectivity index (χ1n) is 9.83. The van der Waals surface area contributed by atoms with Gasteiger partial charge in [-0.1, -0.05) is 12.1 Å². The molecule has 0 unspecified atom stereocenters. The molecule has 0 radical (unpaired) electrons. The van der Waals surface area contributed by atoms with Gasteiger partial charge in [-0.3, -0.25) is 9.88 Å². The second-order valence-corrected chi connectivity index (χ2v) is 7.47.